The van der Waals surface area contributed by atoms with Gasteiger partial charge in [-0.15, -0.1) is 0 Å². The molecule has 2 aromatic rings. The molecule has 3 N–H and O–H groups in total. The summed E-state index contributed by atoms with van der Waals surface area (Å²) in [7, 11) is 0. The second kappa shape index (κ2) is 9.68. The van der Waals surface area contributed by atoms with E-state index in [0.717, 1.165) is 49.1 Å². The van der Waals surface area contributed by atoms with Crippen molar-refractivity contribution < 1.29 is 5.11 Å². The summed E-state index contributed by atoms with van der Waals surface area (Å²) >= 11 is 0. The van der Waals surface area contributed by atoms with Crippen molar-refractivity contribution in [2.24, 2.45) is 4.99 Å². The van der Waals surface area contributed by atoms with Crippen molar-refractivity contribution >= 4 is 5.96 Å². The molecule has 3 rings (SSSR count). The first-order valence-electron chi connectivity index (χ1n) is 10.3. The fraction of sp³-hybridized carbons (Fsp3) is 0.571. The Morgan fingerprint density at radius 1 is 1.32 bits per heavy atom. The lowest BCUT2D eigenvalue weighted by atomic mass is 10.1. The molecule has 1 aliphatic heterocycles. The van der Waals surface area contributed by atoms with Crippen LogP contribution in [0.3, 0.4) is 0 Å². The van der Waals surface area contributed by atoms with Crippen molar-refractivity contribution in [3.63, 3.8) is 0 Å². The number of aromatic nitrogens is 3. The molecule has 2 unspecified atom stereocenters. The van der Waals surface area contributed by atoms with Crippen LogP contribution in [0.1, 0.15) is 50.3 Å². The first-order valence-corrected chi connectivity index (χ1v) is 10.3. The zero-order valence-corrected chi connectivity index (χ0v) is 17.1. The predicted octanol–water partition coefficient (Wildman–Crippen LogP) is 1.87. The number of aliphatic hydroxyl groups excluding tert-OH is 1. The normalized spacial score (nSPS) is 18.0. The van der Waals surface area contributed by atoms with E-state index in [9.17, 15) is 5.11 Å². The van der Waals surface area contributed by atoms with E-state index in [0.29, 0.717) is 18.9 Å². The van der Waals surface area contributed by atoms with Crippen LogP contribution in [0.15, 0.2) is 35.3 Å². The van der Waals surface area contributed by atoms with Crippen molar-refractivity contribution in [3.05, 3.63) is 47.5 Å². The molecule has 152 valence electrons. The number of hydrogen-bond acceptors (Lipinski definition) is 4. The summed E-state index contributed by atoms with van der Waals surface area (Å²) in [4.78, 5) is 9.24. The second-order valence-corrected chi connectivity index (χ2v) is 7.67. The van der Waals surface area contributed by atoms with Gasteiger partial charge in [-0.05, 0) is 18.9 Å². The minimum atomic E-state index is -0.500. The molecule has 1 aromatic heterocycles. The molecule has 1 aromatic carbocycles. The van der Waals surface area contributed by atoms with Gasteiger partial charge in [0.25, 0.3) is 0 Å². The summed E-state index contributed by atoms with van der Waals surface area (Å²) in [6, 6.07) is 10.3. The number of hydrogen-bond donors (Lipinski definition) is 3. The Hall–Kier alpha value is -2.41. The minimum Gasteiger partial charge on any atom is -0.391 e. The van der Waals surface area contributed by atoms with Crippen LogP contribution in [0.5, 0.6) is 0 Å². The molecule has 2 atom stereocenters. The molecule has 0 saturated heterocycles. The highest BCUT2D eigenvalue weighted by atomic mass is 16.3. The summed E-state index contributed by atoms with van der Waals surface area (Å²) < 4.78 is 2.02. The largest absolute Gasteiger partial charge is 0.391 e. The van der Waals surface area contributed by atoms with Crippen LogP contribution in [0.25, 0.3) is 0 Å². The summed E-state index contributed by atoms with van der Waals surface area (Å²) in [5.74, 6) is 3.07. The fourth-order valence-electron chi connectivity index (χ4n) is 3.35. The molecule has 0 saturated carbocycles. The summed E-state index contributed by atoms with van der Waals surface area (Å²) in [5, 5.41) is 21.7. The monoisotopic (exact) mass is 384 g/mol. The Kier molecular flexibility index (Phi) is 7.03. The van der Waals surface area contributed by atoms with Gasteiger partial charge in [-0.1, -0.05) is 44.2 Å². The van der Waals surface area contributed by atoms with Crippen LogP contribution in [-0.4, -0.2) is 51.1 Å². The molecule has 28 heavy (non-hydrogen) atoms. The molecule has 7 heteroatoms. The number of aliphatic imine (C=N–C) groups is 1. The van der Waals surface area contributed by atoms with Gasteiger partial charge in [0.05, 0.1) is 19.2 Å². The zero-order valence-electron chi connectivity index (χ0n) is 17.1. The van der Waals surface area contributed by atoms with Crippen molar-refractivity contribution in [1.82, 2.24) is 25.4 Å². The molecule has 0 spiro atoms. The maximum atomic E-state index is 10.3. The molecule has 1 aliphatic rings. The van der Waals surface area contributed by atoms with Gasteiger partial charge < -0.3 is 15.7 Å². The van der Waals surface area contributed by atoms with E-state index in [-0.39, 0.29) is 6.04 Å². The van der Waals surface area contributed by atoms with E-state index in [1.807, 2.05) is 41.9 Å². The second-order valence-electron chi connectivity index (χ2n) is 7.67. The summed E-state index contributed by atoms with van der Waals surface area (Å²) in [5.41, 5.74) is 1.12. The topological polar surface area (TPSA) is 87.4 Å². The Labute approximate surface area is 167 Å². The highest BCUT2D eigenvalue weighted by Gasteiger charge is 2.23. The molecule has 0 bridgehead atoms. The third-order valence-corrected chi connectivity index (χ3v) is 4.85. The van der Waals surface area contributed by atoms with Crippen LogP contribution in [0.2, 0.25) is 0 Å². The summed E-state index contributed by atoms with van der Waals surface area (Å²) in [6.45, 7) is 8.21. The van der Waals surface area contributed by atoms with Crippen molar-refractivity contribution in [2.75, 3.05) is 13.1 Å². The Morgan fingerprint density at radius 3 is 2.82 bits per heavy atom. The Morgan fingerprint density at radius 2 is 2.11 bits per heavy atom. The van der Waals surface area contributed by atoms with E-state index in [2.05, 4.69) is 39.6 Å². The van der Waals surface area contributed by atoms with E-state index >= 15 is 0 Å². The number of aliphatic hydroxyl groups is 1. The van der Waals surface area contributed by atoms with Crippen molar-refractivity contribution in [2.45, 2.75) is 64.6 Å². The average Bonchev–Trinajstić information content (AvgIpc) is 3.11. The molecule has 2 heterocycles. The van der Waals surface area contributed by atoms with Gasteiger partial charge in [0.2, 0.25) is 0 Å². The molecule has 0 fully saturated rings. The van der Waals surface area contributed by atoms with Crippen LogP contribution in [-0.2, 0) is 19.4 Å². The van der Waals surface area contributed by atoms with Crippen LogP contribution < -0.4 is 10.6 Å². The first kappa shape index (κ1) is 20.3. The third-order valence-electron chi connectivity index (χ3n) is 4.85. The molecular weight excluding hydrogens is 352 g/mol. The summed E-state index contributed by atoms with van der Waals surface area (Å²) in [6.07, 6.45) is 2.01. The van der Waals surface area contributed by atoms with Crippen LogP contribution in [0.4, 0.5) is 0 Å². The molecule has 0 radical (unpaired) electrons. The predicted molar refractivity (Wildman–Crippen MR) is 111 cm³/mol. The number of nitrogens with zero attached hydrogens (tertiary/aromatic N) is 4. The number of nitrogens with one attached hydrogen (secondary N) is 2. The highest BCUT2D eigenvalue weighted by molar-refractivity contribution is 5.80. The van der Waals surface area contributed by atoms with Crippen LogP contribution >= 0.6 is 0 Å². The van der Waals surface area contributed by atoms with E-state index in [1.165, 1.54) is 0 Å². The van der Waals surface area contributed by atoms with Gasteiger partial charge in [0.1, 0.15) is 5.82 Å². The maximum Gasteiger partial charge on any atom is 0.191 e. The zero-order chi connectivity index (χ0) is 19.9. The van der Waals surface area contributed by atoms with E-state index in [4.69, 9.17) is 0 Å². The number of aryl methyl sites for hydroxylation is 1. The van der Waals surface area contributed by atoms with Gasteiger partial charge in [-0.3, -0.25) is 4.99 Å². The molecular formula is C21H32N6O. The lowest BCUT2D eigenvalue weighted by Crippen LogP contribution is -2.47. The third kappa shape index (κ3) is 5.55. The Balaban J connectivity index is 1.57. The standard InChI is InChI=1S/C21H32N6O/c1-4-22-21(23-13-18(28)12-16-8-6-5-7-9-16)24-17-10-11-19-25-20(15(2)3)26-27(19)14-17/h5-9,15,17-18,28H,4,10-14H2,1-3H3,(H2,22,23,24). The fourth-order valence-corrected chi connectivity index (χ4v) is 3.35. The number of rotatable bonds is 7. The maximum absolute atomic E-state index is 10.3. The van der Waals surface area contributed by atoms with Gasteiger partial charge in [0.15, 0.2) is 11.8 Å². The smallest absolute Gasteiger partial charge is 0.191 e. The number of fused-ring (bicyclic) bond motifs is 1. The lowest BCUT2D eigenvalue weighted by molar-refractivity contribution is 0.183. The Bertz CT molecular complexity index is 770. The van der Waals surface area contributed by atoms with Gasteiger partial charge >= 0.3 is 0 Å². The van der Waals surface area contributed by atoms with Crippen molar-refractivity contribution in [3.8, 4) is 0 Å². The quantitative estimate of drug-likeness (QED) is 0.501. The van der Waals surface area contributed by atoms with E-state index in [1.54, 1.807) is 0 Å². The van der Waals surface area contributed by atoms with Crippen molar-refractivity contribution in [1.29, 1.82) is 0 Å². The number of guanidine groups is 1. The highest BCUT2D eigenvalue weighted by Crippen LogP contribution is 2.17. The first-order chi connectivity index (χ1) is 13.5. The van der Waals surface area contributed by atoms with Crippen LogP contribution in [0, 0.1) is 0 Å². The minimum absolute atomic E-state index is 0.248. The molecule has 7 nitrogen and oxygen atoms in total. The number of benzene rings is 1. The van der Waals surface area contributed by atoms with Gasteiger partial charge in [-0.2, -0.15) is 5.10 Å². The lowest BCUT2D eigenvalue weighted by Gasteiger charge is -2.25. The van der Waals surface area contributed by atoms with Gasteiger partial charge in [0, 0.05) is 31.3 Å². The SMILES string of the molecule is CCNC(=NCC(O)Cc1ccccc1)NC1CCc2nc(C(C)C)nn2C1. The van der Waals surface area contributed by atoms with E-state index < -0.39 is 6.10 Å². The molecule has 0 amide bonds. The average molecular weight is 385 g/mol. The van der Waals surface area contributed by atoms with Gasteiger partial charge in [-0.25, -0.2) is 9.67 Å². The molecule has 0 aliphatic carbocycles.